The predicted octanol–water partition coefficient (Wildman–Crippen LogP) is 2.65. The van der Waals surface area contributed by atoms with Crippen LogP contribution >= 0.6 is 0 Å². The summed E-state index contributed by atoms with van der Waals surface area (Å²) < 4.78 is 12.5. The van der Waals surface area contributed by atoms with Crippen molar-refractivity contribution in [3.05, 3.63) is 18.5 Å². The lowest BCUT2D eigenvalue weighted by molar-refractivity contribution is 0.356. The van der Waals surface area contributed by atoms with Crippen LogP contribution in [0.5, 0.6) is 11.5 Å². The molecule has 2 heterocycles. The Morgan fingerprint density at radius 3 is 2.61 bits per heavy atom. The maximum atomic E-state index is 5.38. The Morgan fingerprint density at radius 1 is 1.13 bits per heavy atom. The van der Waals surface area contributed by atoms with E-state index in [9.17, 15) is 0 Å². The zero-order chi connectivity index (χ0) is 15.8. The average Bonchev–Trinajstić information content (AvgIpc) is 3.25. The molecule has 7 heteroatoms. The van der Waals surface area contributed by atoms with Crippen LogP contribution in [0, 0.1) is 0 Å². The van der Waals surface area contributed by atoms with E-state index in [2.05, 4.69) is 15.4 Å². The summed E-state index contributed by atoms with van der Waals surface area (Å²) in [5.74, 6) is 2.04. The van der Waals surface area contributed by atoms with Gasteiger partial charge in [0.25, 0.3) is 0 Å². The lowest BCUT2D eigenvalue weighted by Crippen LogP contribution is -2.18. The fourth-order valence-electron chi connectivity index (χ4n) is 3.23. The summed E-state index contributed by atoms with van der Waals surface area (Å²) >= 11 is 0. The van der Waals surface area contributed by atoms with Crippen molar-refractivity contribution in [2.45, 2.75) is 31.7 Å². The van der Waals surface area contributed by atoms with Crippen molar-refractivity contribution in [1.29, 1.82) is 0 Å². The molecule has 1 aliphatic rings. The monoisotopic (exact) mass is 313 g/mol. The molecule has 1 fully saturated rings. The molecule has 0 amide bonds. The van der Waals surface area contributed by atoms with Gasteiger partial charge in [0.2, 0.25) is 5.95 Å². The fraction of sp³-hybridized carbons (Fsp3) is 0.438. The van der Waals surface area contributed by atoms with Crippen LogP contribution in [0.15, 0.2) is 18.5 Å². The number of ether oxygens (including phenoxy) is 2. The fourth-order valence-corrected chi connectivity index (χ4v) is 3.23. The molecule has 7 nitrogen and oxygen atoms in total. The van der Waals surface area contributed by atoms with Gasteiger partial charge in [-0.1, -0.05) is 12.8 Å². The lowest BCUT2D eigenvalue weighted by Gasteiger charge is -2.15. The van der Waals surface area contributed by atoms with Crippen LogP contribution in [-0.4, -0.2) is 39.8 Å². The van der Waals surface area contributed by atoms with Crippen LogP contribution in [0.3, 0.4) is 0 Å². The van der Waals surface area contributed by atoms with Crippen molar-refractivity contribution in [3.8, 4) is 11.5 Å². The Labute approximate surface area is 133 Å². The van der Waals surface area contributed by atoms with Crippen molar-refractivity contribution in [3.63, 3.8) is 0 Å². The number of fused-ring (bicyclic) bond motifs is 3. The molecule has 4 rings (SSSR count). The summed E-state index contributed by atoms with van der Waals surface area (Å²) in [7, 11) is 3.24. The first-order valence-electron chi connectivity index (χ1n) is 7.82. The second-order valence-electron chi connectivity index (χ2n) is 5.78. The van der Waals surface area contributed by atoms with E-state index in [1.165, 1.54) is 25.7 Å². The van der Waals surface area contributed by atoms with E-state index in [1.807, 2.05) is 12.1 Å². The predicted molar refractivity (Wildman–Crippen MR) is 87.3 cm³/mol. The van der Waals surface area contributed by atoms with Crippen molar-refractivity contribution in [2.75, 3.05) is 19.5 Å². The summed E-state index contributed by atoms with van der Waals surface area (Å²) in [5.41, 5.74) is 1.57. The van der Waals surface area contributed by atoms with Crippen LogP contribution in [0.2, 0.25) is 0 Å². The topological polar surface area (TPSA) is 73.6 Å². The molecule has 120 valence electrons. The molecule has 1 N–H and O–H groups in total. The van der Waals surface area contributed by atoms with E-state index in [0.29, 0.717) is 17.5 Å². The maximum Gasteiger partial charge on any atom is 0.226 e. The largest absolute Gasteiger partial charge is 0.493 e. The molecule has 3 aromatic rings. The minimum atomic E-state index is 0.451. The van der Waals surface area contributed by atoms with Gasteiger partial charge in [-0.15, -0.1) is 0 Å². The Kier molecular flexibility index (Phi) is 3.40. The molecule has 0 aliphatic heterocycles. The van der Waals surface area contributed by atoms with Gasteiger partial charge >= 0.3 is 0 Å². The van der Waals surface area contributed by atoms with Gasteiger partial charge in [0.05, 0.1) is 19.7 Å². The number of nitrogens with one attached hydrogen (secondary N) is 1. The second-order valence-corrected chi connectivity index (χ2v) is 5.78. The first kappa shape index (κ1) is 14.0. The summed E-state index contributed by atoms with van der Waals surface area (Å²) in [6, 6.07) is 4.22. The SMILES string of the molecule is COc1cc2nc(NC3CCCC3)n3ncnc3c2cc1OC. The number of nitrogens with zero attached hydrogens (tertiary/aromatic N) is 4. The maximum absolute atomic E-state index is 5.38. The summed E-state index contributed by atoms with van der Waals surface area (Å²) in [6.45, 7) is 0. The zero-order valence-electron chi connectivity index (χ0n) is 13.2. The van der Waals surface area contributed by atoms with Gasteiger partial charge in [-0.25, -0.2) is 9.97 Å². The third kappa shape index (κ3) is 2.32. The van der Waals surface area contributed by atoms with Gasteiger partial charge in [-0.2, -0.15) is 9.61 Å². The van der Waals surface area contributed by atoms with Gasteiger partial charge in [0.1, 0.15) is 6.33 Å². The van der Waals surface area contributed by atoms with Crippen LogP contribution < -0.4 is 14.8 Å². The molecular formula is C16H19N5O2. The minimum absolute atomic E-state index is 0.451. The molecule has 2 aromatic heterocycles. The molecule has 0 bridgehead atoms. The van der Waals surface area contributed by atoms with Gasteiger partial charge in [-0.3, -0.25) is 0 Å². The molecular weight excluding hydrogens is 294 g/mol. The van der Waals surface area contributed by atoms with E-state index in [4.69, 9.17) is 14.5 Å². The van der Waals surface area contributed by atoms with E-state index >= 15 is 0 Å². The third-order valence-electron chi connectivity index (χ3n) is 4.41. The molecule has 0 saturated heterocycles. The molecule has 0 spiro atoms. The van der Waals surface area contributed by atoms with Crippen LogP contribution in [0.4, 0.5) is 5.95 Å². The molecule has 0 atom stereocenters. The highest BCUT2D eigenvalue weighted by molar-refractivity contribution is 5.94. The molecule has 1 aliphatic carbocycles. The Balaban J connectivity index is 1.90. The van der Waals surface area contributed by atoms with E-state index in [1.54, 1.807) is 25.1 Å². The standard InChI is InChI=1S/C16H19N5O2/c1-22-13-7-11-12(8-14(13)23-2)20-16(19-10-5-3-4-6-10)21-15(11)17-9-18-21/h7-10H,3-6H2,1-2H3,(H,19,20). The Hall–Kier alpha value is -2.57. The summed E-state index contributed by atoms with van der Waals surface area (Å²) in [5, 5.41) is 8.71. The lowest BCUT2D eigenvalue weighted by atomic mass is 10.2. The quantitative estimate of drug-likeness (QED) is 0.798. The smallest absolute Gasteiger partial charge is 0.226 e. The zero-order valence-corrected chi connectivity index (χ0v) is 13.2. The highest BCUT2D eigenvalue weighted by Gasteiger charge is 2.19. The molecule has 23 heavy (non-hydrogen) atoms. The number of anilines is 1. The Bertz CT molecular complexity index is 854. The van der Waals surface area contributed by atoms with Gasteiger partial charge in [0.15, 0.2) is 17.1 Å². The number of methoxy groups -OCH3 is 2. The van der Waals surface area contributed by atoms with Gasteiger partial charge in [0, 0.05) is 17.5 Å². The second kappa shape index (κ2) is 5.57. The first-order chi connectivity index (χ1) is 11.3. The highest BCUT2D eigenvalue weighted by Crippen LogP contribution is 2.33. The number of rotatable bonds is 4. The van der Waals surface area contributed by atoms with Crippen molar-refractivity contribution in [1.82, 2.24) is 19.6 Å². The normalized spacial score (nSPS) is 15.4. The molecule has 0 unspecified atom stereocenters. The highest BCUT2D eigenvalue weighted by atomic mass is 16.5. The number of hydrogen-bond donors (Lipinski definition) is 1. The Morgan fingerprint density at radius 2 is 1.87 bits per heavy atom. The molecule has 1 saturated carbocycles. The first-order valence-corrected chi connectivity index (χ1v) is 7.82. The summed E-state index contributed by atoms with van der Waals surface area (Å²) in [4.78, 5) is 9.13. The van der Waals surface area contributed by atoms with E-state index in [0.717, 1.165) is 22.5 Å². The average molecular weight is 313 g/mol. The van der Waals surface area contributed by atoms with Crippen LogP contribution in [0.25, 0.3) is 16.6 Å². The van der Waals surface area contributed by atoms with Crippen LogP contribution in [0.1, 0.15) is 25.7 Å². The third-order valence-corrected chi connectivity index (χ3v) is 4.41. The van der Waals surface area contributed by atoms with Crippen molar-refractivity contribution in [2.24, 2.45) is 0 Å². The van der Waals surface area contributed by atoms with Gasteiger partial charge < -0.3 is 14.8 Å². The summed E-state index contributed by atoms with van der Waals surface area (Å²) in [6.07, 6.45) is 6.41. The van der Waals surface area contributed by atoms with E-state index < -0.39 is 0 Å². The number of hydrogen-bond acceptors (Lipinski definition) is 6. The van der Waals surface area contributed by atoms with Crippen molar-refractivity contribution < 1.29 is 9.47 Å². The van der Waals surface area contributed by atoms with Crippen LogP contribution in [-0.2, 0) is 0 Å². The number of aromatic nitrogens is 4. The minimum Gasteiger partial charge on any atom is -0.493 e. The molecule has 0 radical (unpaired) electrons. The van der Waals surface area contributed by atoms with E-state index in [-0.39, 0.29) is 0 Å². The molecule has 1 aromatic carbocycles. The van der Waals surface area contributed by atoms with Crippen molar-refractivity contribution >= 4 is 22.5 Å². The number of benzene rings is 1. The van der Waals surface area contributed by atoms with Gasteiger partial charge in [-0.05, 0) is 18.9 Å².